The van der Waals surface area contributed by atoms with Crippen molar-refractivity contribution < 1.29 is 29.3 Å². The van der Waals surface area contributed by atoms with Crippen LogP contribution in [0, 0.1) is 0 Å². The maximum absolute atomic E-state index is 13.3. The first-order valence-electron chi connectivity index (χ1n) is 11.3. The van der Waals surface area contributed by atoms with Crippen LogP contribution in [0.25, 0.3) is 5.76 Å². The molecule has 2 aromatic carbocycles. The second-order valence-corrected chi connectivity index (χ2v) is 9.39. The van der Waals surface area contributed by atoms with E-state index in [0.717, 1.165) is 4.88 Å². The Labute approximate surface area is 207 Å². The van der Waals surface area contributed by atoms with E-state index >= 15 is 0 Å². The van der Waals surface area contributed by atoms with Gasteiger partial charge in [0.15, 0.2) is 11.5 Å². The maximum Gasteiger partial charge on any atom is 0.295 e. The second-order valence-electron chi connectivity index (χ2n) is 8.36. The van der Waals surface area contributed by atoms with Crippen molar-refractivity contribution in [1.82, 2.24) is 4.90 Å². The van der Waals surface area contributed by atoms with Gasteiger partial charge in [0.1, 0.15) is 11.5 Å². The quantitative estimate of drug-likeness (QED) is 0.252. The van der Waals surface area contributed by atoms with E-state index in [1.807, 2.05) is 31.4 Å². The third kappa shape index (κ3) is 5.02. The van der Waals surface area contributed by atoms with Gasteiger partial charge < -0.3 is 24.6 Å². The number of nitrogens with zero attached hydrogens (tertiary/aromatic N) is 1. The smallest absolute Gasteiger partial charge is 0.295 e. The summed E-state index contributed by atoms with van der Waals surface area (Å²) >= 11 is 1.47. The lowest BCUT2D eigenvalue weighted by molar-refractivity contribution is -0.140. The highest BCUT2D eigenvalue weighted by Crippen LogP contribution is 2.43. The highest BCUT2D eigenvalue weighted by atomic mass is 32.1. The number of aromatic hydroxyl groups is 1. The van der Waals surface area contributed by atoms with Crippen LogP contribution in [0.2, 0.25) is 0 Å². The molecule has 0 aliphatic carbocycles. The Morgan fingerprint density at radius 3 is 2.60 bits per heavy atom. The van der Waals surface area contributed by atoms with Crippen LogP contribution in [-0.4, -0.2) is 39.5 Å². The zero-order valence-electron chi connectivity index (χ0n) is 19.7. The van der Waals surface area contributed by atoms with E-state index in [-0.39, 0.29) is 35.5 Å². The molecule has 2 heterocycles. The SMILES string of the molecule is CCOc1cc(C2/C(=C(/O)c3cccc(OC(C)C)c3)C(=O)C(=O)N2Cc2cccs2)ccc1O. The number of carbonyl (C=O) groups excluding carboxylic acids is 2. The van der Waals surface area contributed by atoms with Crippen LogP contribution in [0.5, 0.6) is 17.2 Å². The zero-order valence-corrected chi connectivity index (χ0v) is 20.5. The van der Waals surface area contributed by atoms with Crippen molar-refractivity contribution in [3.8, 4) is 17.2 Å². The Bertz CT molecular complexity index is 1260. The minimum absolute atomic E-state index is 0.0265. The number of likely N-dealkylation sites (tertiary alicyclic amines) is 1. The van der Waals surface area contributed by atoms with E-state index in [9.17, 15) is 19.8 Å². The van der Waals surface area contributed by atoms with E-state index in [2.05, 4.69) is 0 Å². The summed E-state index contributed by atoms with van der Waals surface area (Å²) in [5, 5.41) is 23.4. The fraction of sp³-hybridized carbons (Fsp3) is 0.259. The summed E-state index contributed by atoms with van der Waals surface area (Å²) in [5.41, 5.74) is 0.880. The van der Waals surface area contributed by atoms with Gasteiger partial charge in [0.25, 0.3) is 11.7 Å². The van der Waals surface area contributed by atoms with Crippen molar-refractivity contribution in [3.05, 3.63) is 81.6 Å². The van der Waals surface area contributed by atoms with E-state index in [1.54, 1.807) is 43.3 Å². The Morgan fingerprint density at radius 1 is 1.11 bits per heavy atom. The molecule has 0 saturated carbocycles. The number of phenols is 1. The standard InChI is InChI=1S/C27H27NO6S/c1-4-33-22-14-17(10-11-21(22)29)24-23(25(30)18-7-5-8-19(13-18)34-16(2)3)26(31)27(32)28(24)15-20-9-6-12-35-20/h5-14,16,24,29-30H,4,15H2,1-3H3/b25-23-. The molecule has 1 aromatic heterocycles. The number of thiophene rings is 1. The topological polar surface area (TPSA) is 96.3 Å². The number of phenolic OH excluding ortho intramolecular Hbond substituents is 1. The van der Waals surface area contributed by atoms with Crippen molar-refractivity contribution in [2.45, 2.75) is 39.5 Å². The van der Waals surface area contributed by atoms with Gasteiger partial charge in [-0.3, -0.25) is 9.59 Å². The molecule has 7 nitrogen and oxygen atoms in total. The van der Waals surface area contributed by atoms with Crippen LogP contribution < -0.4 is 9.47 Å². The first-order valence-corrected chi connectivity index (χ1v) is 12.2. The van der Waals surface area contributed by atoms with Crippen LogP contribution >= 0.6 is 11.3 Å². The lowest BCUT2D eigenvalue weighted by Crippen LogP contribution is -2.28. The molecule has 1 unspecified atom stereocenters. The first kappa shape index (κ1) is 24.3. The molecule has 0 bridgehead atoms. The number of hydrogen-bond donors (Lipinski definition) is 2. The molecule has 1 atom stereocenters. The third-order valence-electron chi connectivity index (χ3n) is 5.52. The highest BCUT2D eigenvalue weighted by Gasteiger charge is 2.46. The Morgan fingerprint density at radius 2 is 1.91 bits per heavy atom. The average molecular weight is 494 g/mol. The summed E-state index contributed by atoms with van der Waals surface area (Å²) in [5.74, 6) is -1.04. The second kappa shape index (κ2) is 10.2. The number of benzene rings is 2. The summed E-state index contributed by atoms with van der Waals surface area (Å²) in [6.07, 6.45) is -0.0715. The molecule has 1 amide bonds. The van der Waals surface area contributed by atoms with Crippen LogP contribution in [0.4, 0.5) is 0 Å². The van der Waals surface area contributed by atoms with E-state index < -0.39 is 17.7 Å². The van der Waals surface area contributed by atoms with Crippen molar-refractivity contribution in [1.29, 1.82) is 0 Å². The number of hydrogen-bond acceptors (Lipinski definition) is 7. The van der Waals surface area contributed by atoms with Crippen LogP contribution in [0.1, 0.15) is 42.8 Å². The molecule has 2 N–H and O–H groups in total. The van der Waals surface area contributed by atoms with Gasteiger partial charge in [0.2, 0.25) is 0 Å². The Kier molecular flexibility index (Phi) is 7.12. The summed E-state index contributed by atoms with van der Waals surface area (Å²) in [6, 6.07) is 14.4. The monoisotopic (exact) mass is 493 g/mol. The normalized spacial score (nSPS) is 17.3. The largest absolute Gasteiger partial charge is 0.507 e. The zero-order chi connectivity index (χ0) is 25.1. The van der Waals surface area contributed by atoms with Crippen LogP contribution in [0.15, 0.2) is 65.6 Å². The fourth-order valence-electron chi connectivity index (χ4n) is 4.08. The van der Waals surface area contributed by atoms with Gasteiger partial charge >= 0.3 is 0 Å². The fourth-order valence-corrected chi connectivity index (χ4v) is 4.78. The summed E-state index contributed by atoms with van der Waals surface area (Å²) < 4.78 is 11.3. The van der Waals surface area contributed by atoms with Gasteiger partial charge in [0.05, 0.1) is 30.9 Å². The molecule has 1 fully saturated rings. The van der Waals surface area contributed by atoms with E-state index in [0.29, 0.717) is 23.5 Å². The number of aliphatic hydroxyl groups is 1. The predicted octanol–water partition coefficient (Wildman–Crippen LogP) is 5.26. The van der Waals surface area contributed by atoms with Crippen molar-refractivity contribution in [2.24, 2.45) is 0 Å². The van der Waals surface area contributed by atoms with Gasteiger partial charge in [-0.25, -0.2) is 0 Å². The van der Waals surface area contributed by atoms with Crippen molar-refractivity contribution >= 4 is 28.8 Å². The van der Waals surface area contributed by atoms with E-state index in [1.165, 1.54) is 22.3 Å². The van der Waals surface area contributed by atoms with Crippen LogP contribution in [0.3, 0.4) is 0 Å². The number of amides is 1. The van der Waals surface area contributed by atoms with Gasteiger partial charge in [0, 0.05) is 10.4 Å². The molecule has 8 heteroatoms. The number of rotatable bonds is 8. The molecular formula is C27H27NO6S. The molecule has 1 aliphatic heterocycles. The van der Waals surface area contributed by atoms with E-state index in [4.69, 9.17) is 9.47 Å². The summed E-state index contributed by atoms with van der Waals surface area (Å²) in [7, 11) is 0. The van der Waals surface area contributed by atoms with Gasteiger partial charge in [-0.2, -0.15) is 0 Å². The molecular weight excluding hydrogens is 466 g/mol. The Balaban J connectivity index is 1.86. The van der Waals surface area contributed by atoms with Gasteiger partial charge in [-0.1, -0.05) is 24.3 Å². The molecule has 182 valence electrons. The number of carbonyl (C=O) groups is 2. The first-order chi connectivity index (χ1) is 16.8. The molecule has 0 radical (unpaired) electrons. The molecule has 3 aromatic rings. The summed E-state index contributed by atoms with van der Waals surface area (Å²) in [4.78, 5) is 28.8. The van der Waals surface area contributed by atoms with Crippen molar-refractivity contribution in [2.75, 3.05) is 6.61 Å². The molecule has 1 aliphatic rings. The van der Waals surface area contributed by atoms with Gasteiger partial charge in [-0.15, -0.1) is 11.3 Å². The van der Waals surface area contributed by atoms with Gasteiger partial charge in [-0.05, 0) is 62.0 Å². The molecule has 0 spiro atoms. The number of ether oxygens (including phenoxy) is 2. The maximum atomic E-state index is 13.3. The molecule has 4 rings (SSSR count). The minimum Gasteiger partial charge on any atom is -0.507 e. The van der Waals surface area contributed by atoms with Crippen molar-refractivity contribution in [3.63, 3.8) is 0 Å². The minimum atomic E-state index is -0.869. The number of aliphatic hydroxyl groups excluding tert-OH is 1. The predicted molar refractivity (Wildman–Crippen MR) is 134 cm³/mol. The molecule has 35 heavy (non-hydrogen) atoms. The third-order valence-corrected chi connectivity index (χ3v) is 6.39. The number of Topliss-reactive ketones (excluding diaryl/α,β-unsaturated/α-hetero) is 1. The average Bonchev–Trinajstić information content (AvgIpc) is 3.42. The number of ketones is 1. The highest BCUT2D eigenvalue weighted by molar-refractivity contribution is 7.09. The van der Waals surface area contributed by atoms with Crippen LogP contribution in [-0.2, 0) is 16.1 Å². The lowest BCUT2D eigenvalue weighted by atomic mass is 9.95. The molecule has 1 saturated heterocycles. The lowest BCUT2D eigenvalue weighted by Gasteiger charge is -2.25. The summed E-state index contributed by atoms with van der Waals surface area (Å²) in [6.45, 7) is 6.11. The Hall–Kier alpha value is -3.78.